The van der Waals surface area contributed by atoms with E-state index in [9.17, 15) is 5.11 Å². The number of nitrogens with one attached hydrogen (secondary N) is 3. The largest absolute Gasteiger partial charge is 0.389 e. The molecule has 0 saturated carbocycles. The van der Waals surface area contributed by atoms with E-state index in [1.54, 1.807) is 13.8 Å². The molecule has 0 fully saturated rings. The minimum atomic E-state index is -0.850. The number of hydrogen-bond donors (Lipinski definition) is 4. The van der Waals surface area contributed by atoms with Gasteiger partial charge in [0.25, 0.3) is 0 Å². The zero-order valence-corrected chi connectivity index (χ0v) is 15.9. The Morgan fingerprint density at radius 1 is 1.04 bits per heavy atom. The Balaban J connectivity index is 2.50. The summed E-state index contributed by atoms with van der Waals surface area (Å²) >= 11 is 0. The van der Waals surface area contributed by atoms with Crippen LogP contribution in [-0.2, 0) is 6.42 Å². The molecular formula is C17H29N7O. The summed E-state index contributed by atoms with van der Waals surface area (Å²) in [6, 6.07) is 0.279. The molecule has 0 aliphatic heterocycles. The van der Waals surface area contributed by atoms with Gasteiger partial charge in [-0.3, -0.25) is 0 Å². The molecule has 0 unspecified atom stereocenters. The zero-order valence-electron chi connectivity index (χ0n) is 15.9. The molecule has 0 spiro atoms. The molecule has 0 bridgehead atoms. The lowest BCUT2D eigenvalue weighted by atomic mass is 10.1. The van der Waals surface area contributed by atoms with Gasteiger partial charge in [0.15, 0.2) is 5.82 Å². The summed E-state index contributed by atoms with van der Waals surface area (Å²) in [5.41, 5.74) is 1.40. The fourth-order valence-corrected chi connectivity index (χ4v) is 2.26. The molecule has 0 saturated heterocycles. The number of aliphatic hydroxyl groups is 1. The monoisotopic (exact) mass is 347 g/mol. The Morgan fingerprint density at radius 3 is 2.28 bits per heavy atom. The number of nitrogens with zero attached hydrogens (tertiary/aromatic N) is 4. The molecule has 2 rings (SSSR count). The highest BCUT2D eigenvalue weighted by Gasteiger charge is 2.17. The Hall–Kier alpha value is -2.22. The van der Waals surface area contributed by atoms with Gasteiger partial charge in [-0.05, 0) is 33.6 Å². The lowest BCUT2D eigenvalue weighted by Crippen LogP contribution is -2.30. The summed E-state index contributed by atoms with van der Waals surface area (Å²) in [6.07, 6.45) is 1.70. The first-order valence-electron chi connectivity index (χ1n) is 8.76. The molecule has 0 aliphatic rings. The van der Waals surface area contributed by atoms with Crippen LogP contribution in [0.5, 0.6) is 0 Å². The summed E-state index contributed by atoms with van der Waals surface area (Å²) in [4.78, 5) is 18.3. The van der Waals surface area contributed by atoms with Crippen LogP contribution in [0.4, 0.5) is 17.7 Å². The van der Waals surface area contributed by atoms with Crippen molar-refractivity contribution in [3.8, 4) is 0 Å². The van der Waals surface area contributed by atoms with Gasteiger partial charge < -0.3 is 21.1 Å². The Labute approximate surface area is 148 Å². The molecule has 0 aliphatic carbocycles. The molecule has 138 valence electrons. The lowest BCUT2D eigenvalue weighted by Gasteiger charge is -2.19. The van der Waals surface area contributed by atoms with Crippen molar-refractivity contribution in [3.05, 3.63) is 5.69 Å². The van der Waals surface area contributed by atoms with Gasteiger partial charge in [-0.1, -0.05) is 13.8 Å². The fraction of sp³-hybridized carbons (Fsp3) is 0.647. The molecule has 2 aromatic rings. The molecule has 8 heteroatoms. The van der Waals surface area contributed by atoms with Crippen molar-refractivity contribution in [2.45, 2.75) is 59.1 Å². The van der Waals surface area contributed by atoms with Gasteiger partial charge in [-0.15, -0.1) is 0 Å². The molecule has 0 amide bonds. The van der Waals surface area contributed by atoms with E-state index in [1.807, 2.05) is 14.0 Å². The standard InChI is InChI=1S/C17H29N7O/c1-7-10(3)20-16-22-12-11(8-2)21-15(19-9-17(4,5)25)23-13(12)14(18-6)24-16/h10,25H,7-9H2,1-6H3,(H,19,21,23)(H2,18,20,22,24)/t10-/m1/s1. The van der Waals surface area contributed by atoms with Crippen LogP contribution in [0.3, 0.4) is 0 Å². The highest BCUT2D eigenvalue weighted by atomic mass is 16.3. The topological polar surface area (TPSA) is 108 Å². The van der Waals surface area contributed by atoms with E-state index < -0.39 is 5.60 Å². The van der Waals surface area contributed by atoms with Crippen LogP contribution in [0.15, 0.2) is 0 Å². The van der Waals surface area contributed by atoms with Crippen molar-refractivity contribution >= 4 is 28.7 Å². The van der Waals surface area contributed by atoms with Gasteiger partial charge in [-0.25, -0.2) is 15.0 Å². The molecule has 25 heavy (non-hydrogen) atoms. The van der Waals surface area contributed by atoms with Crippen LogP contribution in [0.25, 0.3) is 11.0 Å². The smallest absolute Gasteiger partial charge is 0.225 e. The second-order valence-corrected chi connectivity index (χ2v) is 6.81. The molecule has 2 heterocycles. The van der Waals surface area contributed by atoms with Crippen LogP contribution >= 0.6 is 0 Å². The van der Waals surface area contributed by atoms with Crippen molar-refractivity contribution in [1.29, 1.82) is 0 Å². The highest BCUT2D eigenvalue weighted by molar-refractivity contribution is 5.88. The summed E-state index contributed by atoms with van der Waals surface area (Å²) in [5, 5.41) is 19.4. The predicted octanol–water partition coefficient (Wildman–Crippen LogP) is 2.42. The number of rotatable bonds is 8. The molecule has 0 radical (unpaired) electrons. The molecule has 1 atom stereocenters. The normalized spacial score (nSPS) is 12.9. The maximum Gasteiger partial charge on any atom is 0.225 e. The van der Waals surface area contributed by atoms with Crippen LogP contribution in [0.1, 0.15) is 46.7 Å². The van der Waals surface area contributed by atoms with E-state index in [1.165, 1.54) is 0 Å². The first-order valence-corrected chi connectivity index (χ1v) is 8.76. The van der Waals surface area contributed by atoms with Crippen molar-refractivity contribution in [2.75, 3.05) is 29.5 Å². The predicted molar refractivity (Wildman–Crippen MR) is 102 cm³/mol. The van der Waals surface area contributed by atoms with Crippen LogP contribution < -0.4 is 16.0 Å². The SMILES string of the molecule is CCc1nc(NCC(C)(C)O)nc2c(NC)nc(N[C@H](C)CC)nc12. The molecular weight excluding hydrogens is 318 g/mol. The highest BCUT2D eigenvalue weighted by Crippen LogP contribution is 2.24. The maximum atomic E-state index is 9.90. The summed E-state index contributed by atoms with van der Waals surface area (Å²) in [6.45, 7) is 10.1. The third-order valence-corrected chi connectivity index (χ3v) is 3.85. The van der Waals surface area contributed by atoms with Gasteiger partial charge >= 0.3 is 0 Å². The van der Waals surface area contributed by atoms with Crippen molar-refractivity contribution in [2.24, 2.45) is 0 Å². The van der Waals surface area contributed by atoms with Crippen LogP contribution in [-0.4, -0.2) is 50.3 Å². The quantitative estimate of drug-likeness (QED) is 0.577. The third-order valence-electron chi connectivity index (χ3n) is 3.85. The number of aryl methyl sites for hydroxylation is 1. The van der Waals surface area contributed by atoms with Crippen molar-refractivity contribution < 1.29 is 5.11 Å². The minimum Gasteiger partial charge on any atom is -0.389 e. The maximum absolute atomic E-state index is 9.90. The van der Waals surface area contributed by atoms with Gasteiger partial charge in [0.2, 0.25) is 11.9 Å². The van der Waals surface area contributed by atoms with E-state index in [2.05, 4.69) is 49.7 Å². The number of aromatic nitrogens is 4. The molecule has 0 aromatic carbocycles. The molecule has 2 aromatic heterocycles. The molecule has 4 N–H and O–H groups in total. The van der Waals surface area contributed by atoms with Gasteiger partial charge in [0.05, 0.1) is 11.3 Å². The first kappa shape index (κ1) is 19.1. The Bertz CT molecular complexity index is 727. The van der Waals surface area contributed by atoms with Crippen LogP contribution in [0.2, 0.25) is 0 Å². The van der Waals surface area contributed by atoms with Crippen molar-refractivity contribution in [3.63, 3.8) is 0 Å². The van der Waals surface area contributed by atoms with E-state index in [0.29, 0.717) is 29.8 Å². The third kappa shape index (κ3) is 4.88. The fourth-order valence-electron chi connectivity index (χ4n) is 2.26. The first-order chi connectivity index (χ1) is 11.8. The molecule has 8 nitrogen and oxygen atoms in total. The number of fused-ring (bicyclic) bond motifs is 1. The average Bonchev–Trinajstić information content (AvgIpc) is 2.57. The lowest BCUT2D eigenvalue weighted by molar-refractivity contribution is 0.0943. The Kier molecular flexibility index (Phi) is 5.94. The van der Waals surface area contributed by atoms with Gasteiger partial charge in [0.1, 0.15) is 11.0 Å². The number of hydrogen-bond acceptors (Lipinski definition) is 8. The van der Waals surface area contributed by atoms with Gasteiger partial charge in [-0.2, -0.15) is 4.98 Å². The van der Waals surface area contributed by atoms with Crippen LogP contribution in [0, 0.1) is 0 Å². The minimum absolute atomic E-state index is 0.279. The second-order valence-electron chi connectivity index (χ2n) is 6.81. The van der Waals surface area contributed by atoms with Crippen molar-refractivity contribution in [1.82, 2.24) is 19.9 Å². The van der Waals surface area contributed by atoms with E-state index in [4.69, 9.17) is 0 Å². The van der Waals surface area contributed by atoms with E-state index in [-0.39, 0.29) is 6.04 Å². The average molecular weight is 347 g/mol. The Morgan fingerprint density at radius 2 is 1.72 bits per heavy atom. The summed E-state index contributed by atoms with van der Waals surface area (Å²) in [7, 11) is 1.81. The number of anilines is 3. The zero-order chi connectivity index (χ0) is 18.6. The second kappa shape index (κ2) is 7.77. The van der Waals surface area contributed by atoms with E-state index in [0.717, 1.165) is 24.1 Å². The summed E-state index contributed by atoms with van der Waals surface area (Å²) in [5.74, 6) is 1.69. The summed E-state index contributed by atoms with van der Waals surface area (Å²) < 4.78 is 0. The van der Waals surface area contributed by atoms with E-state index >= 15 is 0 Å². The van der Waals surface area contributed by atoms with Gasteiger partial charge in [0, 0.05) is 19.6 Å².